The van der Waals surface area contributed by atoms with Gasteiger partial charge >= 0.3 is 0 Å². The van der Waals surface area contributed by atoms with Crippen molar-refractivity contribution in [2.45, 2.75) is 0 Å². The van der Waals surface area contributed by atoms with E-state index in [4.69, 9.17) is 9.47 Å². The van der Waals surface area contributed by atoms with Crippen molar-refractivity contribution in [3.05, 3.63) is 43.0 Å². The van der Waals surface area contributed by atoms with Crippen molar-refractivity contribution in [1.29, 1.82) is 0 Å². The Kier molecular flexibility index (Phi) is 2.79. The highest BCUT2D eigenvalue weighted by Crippen LogP contribution is 2.32. The summed E-state index contributed by atoms with van der Waals surface area (Å²) in [6.07, 6.45) is 7.24. The molecule has 2 aromatic heterocycles. The van der Waals surface area contributed by atoms with Crippen LogP contribution in [0.4, 0.5) is 0 Å². The lowest BCUT2D eigenvalue weighted by atomic mass is 10.1. The quantitative estimate of drug-likeness (QED) is 0.721. The summed E-state index contributed by atoms with van der Waals surface area (Å²) < 4.78 is 12.5. The van der Waals surface area contributed by atoms with Gasteiger partial charge in [0.05, 0.1) is 26.1 Å². The number of ether oxygens (including phenoxy) is 2. The van der Waals surface area contributed by atoms with E-state index in [9.17, 15) is 0 Å². The van der Waals surface area contributed by atoms with Gasteiger partial charge in [-0.15, -0.1) is 0 Å². The van der Waals surface area contributed by atoms with Gasteiger partial charge in [0, 0.05) is 24.2 Å². The van der Waals surface area contributed by atoms with E-state index in [0.717, 1.165) is 28.4 Å². The third-order valence-electron chi connectivity index (χ3n) is 2.95. The number of methoxy groups -OCH3 is 2. The fourth-order valence-electron chi connectivity index (χ4n) is 1.99. The first kappa shape index (κ1) is 11.5. The van der Waals surface area contributed by atoms with Gasteiger partial charge in [0.1, 0.15) is 11.5 Å². The predicted molar refractivity (Wildman–Crippen MR) is 71.5 cm³/mol. The third-order valence-corrected chi connectivity index (χ3v) is 2.95. The molecule has 5 nitrogen and oxygen atoms in total. The lowest BCUT2D eigenvalue weighted by molar-refractivity contribution is 0.404. The average molecular weight is 255 g/mol. The Balaban J connectivity index is 2.19. The van der Waals surface area contributed by atoms with Crippen LogP contribution >= 0.6 is 0 Å². The highest BCUT2D eigenvalue weighted by Gasteiger charge is 2.11. The first-order valence-electron chi connectivity index (χ1n) is 5.83. The molecule has 0 unspecified atom stereocenters. The second-order valence-electron chi connectivity index (χ2n) is 4.03. The van der Waals surface area contributed by atoms with E-state index in [-0.39, 0.29) is 0 Å². The van der Waals surface area contributed by atoms with E-state index in [1.165, 1.54) is 0 Å². The van der Waals surface area contributed by atoms with Crippen LogP contribution in [0.3, 0.4) is 0 Å². The molecule has 0 N–H and O–H groups in total. The minimum atomic E-state index is 0.761. The molecular weight excluding hydrogens is 242 g/mol. The van der Waals surface area contributed by atoms with Crippen LogP contribution in [-0.4, -0.2) is 28.6 Å². The molecule has 0 aliphatic rings. The summed E-state index contributed by atoms with van der Waals surface area (Å²) in [6, 6.07) is 5.64. The van der Waals surface area contributed by atoms with E-state index in [1.807, 2.05) is 35.0 Å². The zero-order chi connectivity index (χ0) is 13.2. The van der Waals surface area contributed by atoms with Crippen LogP contribution in [0.2, 0.25) is 0 Å². The highest BCUT2D eigenvalue weighted by molar-refractivity contribution is 5.70. The molecule has 3 rings (SSSR count). The summed E-state index contributed by atoms with van der Waals surface area (Å²) in [6.45, 7) is 0. The van der Waals surface area contributed by atoms with Gasteiger partial charge in [-0.2, -0.15) is 0 Å². The SMILES string of the molecule is COc1ccc(OC)c(-c2cn3ccncc3n2)c1. The number of fused-ring (bicyclic) bond motifs is 1. The van der Waals surface area contributed by atoms with Crippen LogP contribution in [-0.2, 0) is 0 Å². The fourth-order valence-corrected chi connectivity index (χ4v) is 1.99. The van der Waals surface area contributed by atoms with Crippen LogP contribution in [0.5, 0.6) is 11.5 Å². The van der Waals surface area contributed by atoms with Gasteiger partial charge in [-0.1, -0.05) is 0 Å². The normalized spacial score (nSPS) is 10.6. The molecule has 0 bridgehead atoms. The van der Waals surface area contributed by atoms with Crippen LogP contribution in [0.25, 0.3) is 16.9 Å². The highest BCUT2D eigenvalue weighted by atomic mass is 16.5. The van der Waals surface area contributed by atoms with Crippen molar-refractivity contribution in [2.24, 2.45) is 0 Å². The largest absolute Gasteiger partial charge is 0.497 e. The smallest absolute Gasteiger partial charge is 0.155 e. The van der Waals surface area contributed by atoms with Gasteiger partial charge < -0.3 is 13.9 Å². The van der Waals surface area contributed by atoms with Crippen molar-refractivity contribution >= 4 is 5.65 Å². The molecule has 0 saturated heterocycles. The molecule has 0 fully saturated rings. The number of nitrogens with zero attached hydrogens (tertiary/aromatic N) is 3. The van der Waals surface area contributed by atoms with Gasteiger partial charge in [0.2, 0.25) is 0 Å². The predicted octanol–water partition coefficient (Wildman–Crippen LogP) is 2.41. The maximum Gasteiger partial charge on any atom is 0.155 e. The van der Waals surface area contributed by atoms with Crippen molar-refractivity contribution in [2.75, 3.05) is 14.2 Å². The molecule has 2 heterocycles. The van der Waals surface area contributed by atoms with E-state index in [0.29, 0.717) is 0 Å². The summed E-state index contributed by atoms with van der Waals surface area (Å²) in [5, 5.41) is 0. The molecule has 0 amide bonds. The Bertz CT molecular complexity index is 689. The van der Waals surface area contributed by atoms with E-state index < -0.39 is 0 Å². The van der Waals surface area contributed by atoms with Gasteiger partial charge in [-0.05, 0) is 18.2 Å². The van der Waals surface area contributed by atoms with Crippen molar-refractivity contribution < 1.29 is 9.47 Å². The third kappa shape index (κ3) is 1.99. The van der Waals surface area contributed by atoms with Crippen molar-refractivity contribution in [3.8, 4) is 22.8 Å². The standard InChI is InChI=1S/C14H13N3O2/c1-18-10-3-4-13(19-2)11(7-10)12-9-17-6-5-15-8-14(17)16-12/h3-9H,1-2H3. The number of hydrogen-bond acceptors (Lipinski definition) is 4. The van der Waals surface area contributed by atoms with E-state index >= 15 is 0 Å². The van der Waals surface area contributed by atoms with Crippen LogP contribution in [0.1, 0.15) is 0 Å². The summed E-state index contributed by atoms with van der Waals surface area (Å²) in [5.41, 5.74) is 2.51. The second-order valence-corrected chi connectivity index (χ2v) is 4.03. The molecule has 0 aliphatic heterocycles. The minimum absolute atomic E-state index is 0.761. The van der Waals surface area contributed by atoms with Gasteiger partial charge in [0.15, 0.2) is 5.65 Å². The molecular formula is C14H13N3O2. The lowest BCUT2D eigenvalue weighted by Gasteiger charge is -2.08. The maximum absolute atomic E-state index is 5.37. The zero-order valence-corrected chi connectivity index (χ0v) is 10.7. The number of imidazole rings is 1. The number of rotatable bonds is 3. The number of hydrogen-bond donors (Lipinski definition) is 0. The molecule has 96 valence electrons. The Hall–Kier alpha value is -2.56. The first-order chi connectivity index (χ1) is 9.31. The van der Waals surface area contributed by atoms with Gasteiger partial charge in [-0.25, -0.2) is 4.98 Å². The molecule has 1 aromatic carbocycles. The molecule has 0 aliphatic carbocycles. The molecule has 0 spiro atoms. The summed E-state index contributed by atoms with van der Waals surface area (Å²) >= 11 is 0. The molecule has 3 aromatic rings. The van der Waals surface area contributed by atoms with Crippen molar-refractivity contribution in [1.82, 2.24) is 14.4 Å². The summed E-state index contributed by atoms with van der Waals surface area (Å²) in [5.74, 6) is 1.53. The minimum Gasteiger partial charge on any atom is -0.497 e. The number of aromatic nitrogens is 3. The summed E-state index contributed by atoms with van der Waals surface area (Å²) in [7, 11) is 3.28. The van der Waals surface area contributed by atoms with E-state index in [1.54, 1.807) is 26.6 Å². The molecule has 19 heavy (non-hydrogen) atoms. The van der Waals surface area contributed by atoms with Crippen LogP contribution in [0, 0.1) is 0 Å². The molecule has 0 radical (unpaired) electrons. The van der Waals surface area contributed by atoms with Gasteiger partial charge in [-0.3, -0.25) is 4.98 Å². The lowest BCUT2D eigenvalue weighted by Crippen LogP contribution is -1.90. The van der Waals surface area contributed by atoms with Gasteiger partial charge in [0.25, 0.3) is 0 Å². The van der Waals surface area contributed by atoms with Crippen LogP contribution < -0.4 is 9.47 Å². The Morgan fingerprint density at radius 2 is 2.05 bits per heavy atom. The zero-order valence-electron chi connectivity index (χ0n) is 10.7. The Morgan fingerprint density at radius 1 is 1.16 bits per heavy atom. The Morgan fingerprint density at radius 3 is 2.79 bits per heavy atom. The average Bonchev–Trinajstić information content (AvgIpc) is 2.90. The maximum atomic E-state index is 5.37. The molecule has 0 saturated carbocycles. The van der Waals surface area contributed by atoms with Crippen molar-refractivity contribution in [3.63, 3.8) is 0 Å². The fraction of sp³-hybridized carbons (Fsp3) is 0.143. The molecule has 5 heteroatoms. The second kappa shape index (κ2) is 4.61. The topological polar surface area (TPSA) is 48.7 Å². The van der Waals surface area contributed by atoms with Crippen LogP contribution in [0.15, 0.2) is 43.0 Å². The number of benzene rings is 1. The van der Waals surface area contributed by atoms with E-state index in [2.05, 4.69) is 9.97 Å². The first-order valence-corrected chi connectivity index (χ1v) is 5.83. The Labute approximate surface area is 110 Å². The summed E-state index contributed by atoms with van der Waals surface area (Å²) in [4.78, 5) is 8.59. The monoisotopic (exact) mass is 255 g/mol. The molecule has 0 atom stereocenters.